The molecule has 0 bridgehead atoms. The highest BCUT2D eigenvalue weighted by Gasteiger charge is 2.23. The first kappa shape index (κ1) is 14.0. The fourth-order valence-corrected chi connectivity index (χ4v) is 3.04. The highest BCUT2D eigenvalue weighted by Crippen LogP contribution is 2.20. The number of rotatable bonds is 6. The quantitative estimate of drug-likeness (QED) is 0.740. The first-order valence-corrected chi connectivity index (χ1v) is 7.17. The van der Waals surface area contributed by atoms with Crippen molar-refractivity contribution in [2.24, 2.45) is 7.05 Å². The number of anilines is 1. The molecule has 1 aromatic heterocycles. The van der Waals surface area contributed by atoms with Gasteiger partial charge < -0.3 is 5.73 Å². The molecule has 0 saturated heterocycles. The van der Waals surface area contributed by atoms with Crippen LogP contribution in [-0.4, -0.2) is 24.7 Å². The summed E-state index contributed by atoms with van der Waals surface area (Å²) in [5.41, 5.74) is 6.13. The van der Waals surface area contributed by atoms with Gasteiger partial charge in [-0.05, 0) is 13.3 Å². The molecule has 0 aliphatic heterocycles. The Hall–Kier alpha value is -1.08. The number of hydrogen-bond donors (Lipinski definition) is 2. The van der Waals surface area contributed by atoms with Crippen LogP contribution in [0.1, 0.15) is 31.9 Å². The van der Waals surface area contributed by atoms with E-state index in [1.165, 1.54) is 4.68 Å². The number of nitrogens with one attached hydrogen (secondary N) is 1. The van der Waals surface area contributed by atoms with E-state index in [-0.39, 0.29) is 10.7 Å². The van der Waals surface area contributed by atoms with Crippen molar-refractivity contribution in [2.75, 3.05) is 12.3 Å². The zero-order valence-electron chi connectivity index (χ0n) is 10.5. The Morgan fingerprint density at radius 2 is 2.06 bits per heavy atom. The molecule has 0 spiro atoms. The molecule has 7 heteroatoms. The molecule has 0 fully saturated rings. The van der Waals surface area contributed by atoms with Crippen LogP contribution in [0.3, 0.4) is 0 Å². The maximum atomic E-state index is 12.0. The molecule has 0 aliphatic carbocycles. The average molecular weight is 260 g/mol. The van der Waals surface area contributed by atoms with Crippen LogP contribution in [0.15, 0.2) is 4.90 Å². The number of nitrogen functional groups attached to an aromatic ring is 1. The van der Waals surface area contributed by atoms with Crippen LogP contribution in [0.2, 0.25) is 0 Å². The van der Waals surface area contributed by atoms with Crippen LogP contribution in [-0.2, 0) is 17.1 Å². The van der Waals surface area contributed by atoms with Gasteiger partial charge in [-0.25, -0.2) is 13.1 Å². The standard InChI is InChI=1S/C10H20N4O2S/c1-4-5-6-7-12-17(15,16)9-8(2)13-14(3)10(9)11/h12H,4-7,11H2,1-3H3. The fourth-order valence-electron chi connectivity index (χ4n) is 1.64. The number of nitrogens with zero attached hydrogens (tertiary/aromatic N) is 2. The summed E-state index contributed by atoms with van der Waals surface area (Å²) >= 11 is 0. The van der Waals surface area contributed by atoms with Crippen LogP contribution < -0.4 is 10.5 Å². The highest BCUT2D eigenvalue weighted by atomic mass is 32.2. The van der Waals surface area contributed by atoms with Gasteiger partial charge in [0, 0.05) is 13.6 Å². The van der Waals surface area contributed by atoms with Crippen LogP contribution in [0.25, 0.3) is 0 Å². The van der Waals surface area contributed by atoms with Gasteiger partial charge in [-0.2, -0.15) is 5.10 Å². The largest absolute Gasteiger partial charge is 0.383 e. The lowest BCUT2D eigenvalue weighted by Gasteiger charge is -2.06. The van der Waals surface area contributed by atoms with Gasteiger partial charge in [-0.15, -0.1) is 0 Å². The summed E-state index contributed by atoms with van der Waals surface area (Å²) in [5.74, 6) is 0.172. The number of unbranched alkanes of at least 4 members (excludes halogenated alkanes) is 2. The van der Waals surface area contributed by atoms with Gasteiger partial charge in [0.2, 0.25) is 10.0 Å². The number of aryl methyl sites for hydroxylation is 2. The van der Waals surface area contributed by atoms with Crippen LogP contribution in [0.4, 0.5) is 5.82 Å². The molecule has 0 aromatic carbocycles. The van der Waals surface area contributed by atoms with Gasteiger partial charge in [0.15, 0.2) is 0 Å². The molecule has 0 amide bonds. The predicted octanol–water partition coefficient (Wildman–Crippen LogP) is 0.779. The number of nitrogens with two attached hydrogens (primary N) is 1. The Morgan fingerprint density at radius 3 is 2.53 bits per heavy atom. The third kappa shape index (κ3) is 3.19. The third-order valence-corrected chi connectivity index (χ3v) is 4.18. The number of aromatic nitrogens is 2. The van der Waals surface area contributed by atoms with E-state index in [0.29, 0.717) is 12.2 Å². The van der Waals surface area contributed by atoms with Crippen LogP contribution >= 0.6 is 0 Å². The van der Waals surface area contributed by atoms with E-state index in [0.717, 1.165) is 19.3 Å². The lowest BCUT2D eigenvalue weighted by molar-refractivity contribution is 0.576. The van der Waals surface area contributed by atoms with Crippen molar-refractivity contribution >= 4 is 15.8 Å². The van der Waals surface area contributed by atoms with Crippen molar-refractivity contribution in [3.8, 4) is 0 Å². The molecule has 3 N–H and O–H groups in total. The lowest BCUT2D eigenvalue weighted by atomic mass is 10.3. The van der Waals surface area contributed by atoms with Gasteiger partial charge in [0.1, 0.15) is 10.7 Å². The zero-order chi connectivity index (χ0) is 13.1. The minimum absolute atomic E-state index is 0.0940. The fraction of sp³-hybridized carbons (Fsp3) is 0.700. The number of sulfonamides is 1. The Morgan fingerprint density at radius 1 is 1.41 bits per heavy atom. The third-order valence-electron chi connectivity index (χ3n) is 2.55. The highest BCUT2D eigenvalue weighted by molar-refractivity contribution is 7.89. The monoisotopic (exact) mass is 260 g/mol. The molecule has 0 saturated carbocycles. The SMILES string of the molecule is CCCCCNS(=O)(=O)c1c(C)nn(C)c1N. The average Bonchev–Trinajstić information content (AvgIpc) is 2.48. The predicted molar refractivity (Wildman–Crippen MR) is 67.1 cm³/mol. The van der Waals surface area contributed by atoms with Gasteiger partial charge in [-0.1, -0.05) is 19.8 Å². The zero-order valence-corrected chi connectivity index (χ0v) is 11.3. The van der Waals surface area contributed by atoms with Crippen LogP contribution in [0.5, 0.6) is 0 Å². The van der Waals surface area contributed by atoms with E-state index in [9.17, 15) is 8.42 Å². The Bertz CT molecular complexity index is 479. The van der Waals surface area contributed by atoms with E-state index in [1.54, 1.807) is 14.0 Å². The van der Waals surface area contributed by atoms with E-state index in [1.807, 2.05) is 0 Å². The first-order valence-electron chi connectivity index (χ1n) is 5.69. The van der Waals surface area contributed by atoms with Gasteiger partial charge in [0.05, 0.1) is 5.69 Å². The Balaban J connectivity index is 2.83. The lowest BCUT2D eigenvalue weighted by Crippen LogP contribution is -2.26. The first-order chi connectivity index (χ1) is 7.90. The van der Waals surface area contributed by atoms with E-state index >= 15 is 0 Å². The minimum atomic E-state index is -3.54. The molecule has 98 valence electrons. The van der Waals surface area contributed by atoms with E-state index in [4.69, 9.17) is 5.73 Å². The second kappa shape index (κ2) is 5.50. The smallest absolute Gasteiger partial charge is 0.246 e. The maximum absolute atomic E-state index is 12.0. The van der Waals surface area contributed by atoms with E-state index < -0.39 is 10.0 Å². The molecule has 0 atom stereocenters. The molecule has 0 aliphatic rings. The normalized spacial score (nSPS) is 11.9. The van der Waals surface area contributed by atoms with Gasteiger partial charge in [0.25, 0.3) is 0 Å². The molecule has 1 rings (SSSR count). The summed E-state index contributed by atoms with van der Waals surface area (Å²) in [6, 6.07) is 0. The number of hydrogen-bond acceptors (Lipinski definition) is 4. The topological polar surface area (TPSA) is 90.0 Å². The van der Waals surface area contributed by atoms with E-state index in [2.05, 4.69) is 16.7 Å². The van der Waals surface area contributed by atoms with Gasteiger partial charge in [-0.3, -0.25) is 4.68 Å². The minimum Gasteiger partial charge on any atom is -0.383 e. The van der Waals surface area contributed by atoms with Crippen molar-refractivity contribution in [3.05, 3.63) is 5.69 Å². The summed E-state index contributed by atoms with van der Waals surface area (Å²) in [5, 5.41) is 3.99. The molecular weight excluding hydrogens is 240 g/mol. The second-order valence-electron chi connectivity index (χ2n) is 4.03. The Kier molecular flexibility index (Phi) is 4.53. The molecular formula is C10H20N4O2S. The molecule has 1 heterocycles. The van der Waals surface area contributed by atoms with Crippen molar-refractivity contribution in [2.45, 2.75) is 38.0 Å². The molecule has 0 radical (unpaired) electrons. The summed E-state index contributed by atoms with van der Waals surface area (Å²) in [6.45, 7) is 4.14. The van der Waals surface area contributed by atoms with Crippen molar-refractivity contribution in [1.82, 2.24) is 14.5 Å². The van der Waals surface area contributed by atoms with Crippen molar-refractivity contribution in [1.29, 1.82) is 0 Å². The molecule has 1 aromatic rings. The summed E-state index contributed by atoms with van der Waals surface area (Å²) < 4.78 is 27.9. The summed E-state index contributed by atoms with van der Waals surface area (Å²) in [7, 11) is -1.92. The molecule has 6 nitrogen and oxygen atoms in total. The summed E-state index contributed by atoms with van der Waals surface area (Å²) in [6.07, 6.45) is 2.88. The maximum Gasteiger partial charge on any atom is 0.246 e. The van der Waals surface area contributed by atoms with Gasteiger partial charge >= 0.3 is 0 Å². The van der Waals surface area contributed by atoms with Crippen molar-refractivity contribution < 1.29 is 8.42 Å². The Labute approximate surface area is 102 Å². The van der Waals surface area contributed by atoms with Crippen molar-refractivity contribution in [3.63, 3.8) is 0 Å². The van der Waals surface area contributed by atoms with Crippen LogP contribution in [0, 0.1) is 6.92 Å². The molecule has 0 unspecified atom stereocenters. The second-order valence-corrected chi connectivity index (χ2v) is 5.73. The summed E-state index contributed by atoms with van der Waals surface area (Å²) in [4.78, 5) is 0.0940. The molecule has 17 heavy (non-hydrogen) atoms.